The van der Waals surface area contributed by atoms with Gasteiger partial charge in [-0.25, -0.2) is 9.78 Å². The van der Waals surface area contributed by atoms with Gasteiger partial charge in [-0.3, -0.25) is 9.48 Å². The minimum atomic E-state index is -1.04. The van der Waals surface area contributed by atoms with Crippen LogP contribution < -0.4 is 5.32 Å². The number of carboxylic acids is 1. The molecule has 0 saturated carbocycles. The first-order chi connectivity index (χ1) is 10.4. The zero-order valence-corrected chi connectivity index (χ0v) is 13.4. The van der Waals surface area contributed by atoms with E-state index in [1.165, 1.54) is 11.3 Å². The van der Waals surface area contributed by atoms with E-state index in [0.717, 1.165) is 5.56 Å². The zero-order chi connectivity index (χ0) is 16.3. The molecule has 0 radical (unpaired) electrons. The maximum Gasteiger partial charge on any atom is 0.326 e. The fourth-order valence-electron chi connectivity index (χ4n) is 1.94. The van der Waals surface area contributed by atoms with Crippen molar-refractivity contribution in [2.24, 2.45) is 13.0 Å². The Bertz CT molecular complexity index is 679. The Hall–Kier alpha value is -2.22. The second kappa shape index (κ2) is 6.69. The van der Waals surface area contributed by atoms with Crippen molar-refractivity contribution in [3.05, 3.63) is 23.5 Å². The Kier molecular flexibility index (Phi) is 4.92. The third kappa shape index (κ3) is 3.51. The van der Waals surface area contributed by atoms with Gasteiger partial charge in [0.15, 0.2) is 0 Å². The molecule has 22 heavy (non-hydrogen) atoms. The van der Waals surface area contributed by atoms with Gasteiger partial charge in [0.2, 0.25) is 0 Å². The molecule has 7 nitrogen and oxygen atoms in total. The second-order valence-electron chi connectivity index (χ2n) is 5.12. The number of nitrogens with zero attached hydrogens (tertiary/aromatic N) is 3. The van der Waals surface area contributed by atoms with E-state index in [0.29, 0.717) is 11.4 Å². The number of carboxylic acid groups (broad SMARTS) is 1. The normalized spacial score (nSPS) is 13.6. The van der Waals surface area contributed by atoms with Crippen LogP contribution in [0.3, 0.4) is 0 Å². The quantitative estimate of drug-likeness (QED) is 0.845. The Balaban J connectivity index is 2.13. The van der Waals surface area contributed by atoms with E-state index >= 15 is 0 Å². The molecule has 118 valence electrons. The van der Waals surface area contributed by atoms with Gasteiger partial charge in [0, 0.05) is 24.2 Å². The van der Waals surface area contributed by atoms with Crippen LogP contribution in [0.4, 0.5) is 0 Å². The fraction of sp³-hybridized carbons (Fsp3) is 0.429. The number of thiazole rings is 1. The summed E-state index contributed by atoms with van der Waals surface area (Å²) in [6.07, 6.45) is 4.13. The number of aliphatic carboxylic acids is 1. The summed E-state index contributed by atoms with van der Waals surface area (Å²) in [5.41, 5.74) is 1.04. The van der Waals surface area contributed by atoms with Crippen LogP contribution in [-0.4, -0.2) is 37.8 Å². The number of carbonyl (C=O) groups is 2. The van der Waals surface area contributed by atoms with Crippen LogP contribution in [0.2, 0.25) is 0 Å². The van der Waals surface area contributed by atoms with Gasteiger partial charge in [0.25, 0.3) is 5.91 Å². The molecule has 0 aliphatic rings. The number of aryl methyl sites for hydroxylation is 1. The molecule has 2 aromatic heterocycles. The van der Waals surface area contributed by atoms with Gasteiger partial charge < -0.3 is 10.4 Å². The molecule has 0 aliphatic heterocycles. The van der Waals surface area contributed by atoms with E-state index in [9.17, 15) is 14.7 Å². The Morgan fingerprint density at radius 2 is 2.23 bits per heavy atom. The summed E-state index contributed by atoms with van der Waals surface area (Å²) < 4.78 is 1.65. The van der Waals surface area contributed by atoms with Crippen LogP contribution in [0.15, 0.2) is 17.8 Å². The molecule has 0 spiro atoms. The van der Waals surface area contributed by atoms with Crippen molar-refractivity contribution in [1.29, 1.82) is 0 Å². The molecule has 0 aromatic carbocycles. The molecule has 1 amide bonds. The molecule has 2 atom stereocenters. The SMILES string of the molecule is CCC(C)C(NC(=O)c1csc(-c2cnn(C)c2)n1)C(=O)O. The summed E-state index contributed by atoms with van der Waals surface area (Å²) in [6.45, 7) is 3.68. The number of aromatic nitrogens is 3. The Morgan fingerprint density at radius 1 is 1.50 bits per heavy atom. The predicted octanol–water partition coefficient (Wildman–Crippen LogP) is 1.77. The van der Waals surface area contributed by atoms with Gasteiger partial charge in [-0.15, -0.1) is 11.3 Å². The molecule has 2 unspecified atom stereocenters. The average Bonchev–Trinajstić information content (AvgIpc) is 3.11. The lowest BCUT2D eigenvalue weighted by atomic mass is 9.99. The summed E-state index contributed by atoms with van der Waals surface area (Å²) >= 11 is 1.32. The number of carbonyl (C=O) groups excluding carboxylic acids is 1. The molecule has 2 aromatic rings. The maximum atomic E-state index is 12.2. The minimum Gasteiger partial charge on any atom is -0.480 e. The number of amides is 1. The first-order valence-corrected chi connectivity index (χ1v) is 7.78. The highest BCUT2D eigenvalue weighted by molar-refractivity contribution is 7.13. The second-order valence-corrected chi connectivity index (χ2v) is 5.97. The van der Waals surface area contributed by atoms with Gasteiger partial charge in [-0.1, -0.05) is 20.3 Å². The lowest BCUT2D eigenvalue weighted by molar-refractivity contribution is -0.140. The molecule has 0 aliphatic carbocycles. The highest BCUT2D eigenvalue weighted by atomic mass is 32.1. The maximum absolute atomic E-state index is 12.2. The van der Waals surface area contributed by atoms with Crippen LogP contribution >= 0.6 is 11.3 Å². The summed E-state index contributed by atoms with van der Waals surface area (Å²) in [5, 5.41) is 18.1. The van der Waals surface area contributed by atoms with Crippen molar-refractivity contribution < 1.29 is 14.7 Å². The van der Waals surface area contributed by atoms with Crippen LogP contribution in [0.1, 0.15) is 30.8 Å². The van der Waals surface area contributed by atoms with E-state index in [1.54, 1.807) is 36.4 Å². The molecule has 0 bridgehead atoms. The third-order valence-electron chi connectivity index (χ3n) is 3.45. The predicted molar refractivity (Wildman–Crippen MR) is 82.7 cm³/mol. The van der Waals surface area contributed by atoms with Crippen molar-refractivity contribution >= 4 is 23.2 Å². The zero-order valence-electron chi connectivity index (χ0n) is 12.6. The summed E-state index contributed by atoms with van der Waals surface area (Å²) in [7, 11) is 1.80. The van der Waals surface area contributed by atoms with E-state index < -0.39 is 17.9 Å². The van der Waals surface area contributed by atoms with Crippen molar-refractivity contribution in [3.8, 4) is 10.6 Å². The lowest BCUT2D eigenvalue weighted by Crippen LogP contribution is -2.45. The number of nitrogens with one attached hydrogen (secondary N) is 1. The summed E-state index contributed by atoms with van der Waals surface area (Å²) in [4.78, 5) is 27.7. The van der Waals surface area contributed by atoms with E-state index in [4.69, 9.17) is 0 Å². The monoisotopic (exact) mass is 322 g/mol. The van der Waals surface area contributed by atoms with Gasteiger partial charge >= 0.3 is 5.97 Å². The summed E-state index contributed by atoms with van der Waals surface area (Å²) in [6, 6.07) is -0.916. The molecular weight excluding hydrogens is 304 g/mol. The molecule has 2 N–H and O–H groups in total. The lowest BCUT2D eigenvalue weighted by Gasteiger charge is -2.19. The molecule has 0 saturated heterocycles. The van der Waals surface area contributed by atoms with E-state index in [1.807, 2.05) is 6.92 Å². The number of hydrogen-bond donors (Lipinski definition) is 2. The standard InChI is InChI=1S/C14H18N4O3S/c1-4-8(2)11(14(20)21)17-12(19)10-7-22-13(16-10)9-5-15-18(3)6-9/h5-8,11H,4H2,1-3H3,(H,17,19)(H,20,21). The minimum absolute atomic E-state index is 0.155. The van der Waals surface area contributed by atoms with Crippen LogP contribution in [-0.2, 0) is 11.8 Å². The topological polar surface area (TPSA) is 97.1 Å². The number of rotatable bonds is 6. The summed E-state index contributed by atoms with van der Waals surface area (Å²) in [5.74, 6) is -1.66. The average molecular weight is 322 g/mol. The van der Waals surface area contributed by atoms with Crippen molar-refractivity contribution in [3.63, 3.8) is 0 Å². The van der Waals surface area contributed by atoms with Gasteiger partial charge in [0.1, 0.15) is 16.7 Å². The smallest absolute Gasteiger partial charge is 0.326 e. The van der Waals surface area contributed by atoms with Gasteiger partial charge in [-0.05, 0) is 5.92 Å². The molecule has 8 heteroatoms. The van der Waals surface area contributed by atoms with Crippen molar-refractivity contribution in [1.82, 2.24) is 20.1 Å². The largest absolute Gasteiger partial charge is 0.480 e. The molecule has 0 fully saturated rings. The van der Waals surface area contributed by atoms with E-state index in [2.05, 4.69) is 15.4 Å². The first-order valence-electron chi connectivity index (χ1n) is 6.90. The van der Waals surface area contributed by atoms with Gasteiger partial charge in [0.05, 0.1) is 6.20 Å². The molecular formula is C14H18N4O3S. The van der Waals surface area contributed by atoms with Crippen LogP contribution in [0.25, 0.3) is 10.6 Å². The van der Waals surface area contributed by atoms with Crippen LogP contribution in [0, 0.1) is 5.92 Å². The first kappa shape index (κ1) is 16.2. The van der Waals surface area contributed by atoms with Crippen molar-refractivity contribution in [2.45, 2.75) is 26.3 Å². The highest BCUT2D eigenvalue weighted by Gasteiger charge is 2.26. The third-order valence-corrected chi connectivity index (χ3v) is 4.35. The molecule has 2 rings (SSSR count). The van der Waals surface area contributed by atoms with E-state index in [-0.39, 0.29) is 11.6 Å². The number of hydrogen-bond acceptors (Lipinski definition) is 5. The van der Waals surface area contributed by atoms with Gasteiger partial charge in [-0.2, -0.15) is 5.10 Å². The fourth-order valence-corrected chi connectivity index (χ4v) is 2.72. The highest BCUT2D eigenvalue weighted by Crippen LogP contribution is 2.23. The Labute approximate surface area is 132 Å². The molecule has 2 heterocycles. The van der Waals surface area contributed by atoms with Crippen LogP contribution in [0.5, 0.6) is 0 Å². The Morgan fingerprint density at radius 3 is 2.77 bits per heavy atom. The van der Waals surface area contributed by atoms with Crippen molar-refractivity contribution in [2.75, 3.05) is 0 Å².